The molecule has 1 fully saturated rings. The van der Waals surface area contributed by atoms with E-state index < -0.39 is 11.9 Å². The van der Waals surface area contributed by atoms with Gasteiger partial charge in [-0.1, -0.05) is 13.3 Å². The normalized spacial score (nSPS) is 17.2. The largest absolute Gasteiger partial charge is 0.465 e. The van der Waals surface area contributed by atoms with Crippen LogP contribution in [0.5, 0.6) is 0 Å². The lowest BCUT2D eigenvalue weighted by Crippen LogP contribution is -2.38. The van der Waals surface area contributed by atoms with Gasteiger partial charge < -0.3 is 14.5 Å². The van der Waals surface area contributed by atoms with Crippen LogP contribution in [0, 0.1) is 0 Å². The summed E-state index contributed by atoms with van der Waals surface area (Å²) in [6.07, 6.45) is 6.30. The summed E-state index contributed by atoms with van der Waals surface area (Å²) in [6, 6.07) is 7.69. The summed E-state index contributed by atoms with van der Waals surface area (Å²) in [4.78, 5) is 33.1. The van der Waals surface area contributed by atoms with Crippen LogP contribution in [0.2, 0.25) is 0 Å². The number of pyridine rings is 1. The van der Waals surface area contributed by atoms with E-state index >= 15 is 0 Å². The Morgan fingerprint density at radius 2 is 2.20 bits per heavy atom. The zero-order chi connectivity index (χ0) is 21.1. The van der Waals surface area contributed by atoms with Gasteiger partial charge in [0.2, 0.25) is 0 Å². The van der Waals surface area contributed by atoms with Crippen molar-refractivity contribution in [2.45, 2.75) is 45.2 Å². The highest BCUT2D eigenvalue weighted by Gasteiger charge is 2.24. The van der Waals surface area contributed by atoms with Gasteiger partial charge in [0.1, 0.15) is 9.71 Å². The number of aromatic nitrogens is 1. The minimum atomic E-state index is -0.503. The quantitative estimate of drug-likeness (QED) is 0.575. The van der Waals surface area contributed by atoms with Gasteiger partial charge in [-0.15, -0.1) is 11.3 Å². The van der Waals surface area contributed by atoms with Crippen LogP contribution in [0.4, 0.5) is 5.69 Å². The fourth-order valence-corrected chi connectivity index (χ4v) is 5.05. The predicted octanol–water partition coefficient (Wildman–Crippen LogP) is 4.69. The molecule has 0 bridgehead atoms. The first-order valence-electron chi connectivity index (χ1n) is 10.2. The van der Waals surface area contributed by atoms with Crippen molar-refractivity contribution in [3.8, 4) is 0 Å². The maximum atomic E-state index is 12.5. The SMILES string of the molecule is CCC1CCCCN1Cc1ccc2c(NC(=O)c3ccco3)c(C(=O)OC)sc2n1. The van der Waals surface area contributed by atoms with Crippen molar-refractivity contribution in [2.24, 2.45) is 0 Å². The second-order valence-corrected chi connectivity index (χ2v) is 8.41. The van der Waals surface area contributed by atoms with Crippen LogP contribution >= 0.6 is 11.3 Å². The van der Waals surface area contributed by atoms with E-state index in [9.17, 15) is 9.59 Å². The molecule has 158 valence electrons. The molecule has 1 unspecified atom stereocenters. The zero-order valence-corrected chi connectivity index (χ0v) is 18.0. The third-order valence-corrected chi connectivity index (χ3v) is 6.63. The van der Waals surface area contributed by atoms with Gasteiger partial charge in [-0.3, -0.25) is 9.69 Å². The number of nitrogens with one attached hydrogen (secondary N) is 1. The highest BCUT2D eigenvalue weighted by Crippen LogP contribution is 2.36. The summed E-state index contributed by atoms with van der Waals surface area (Å²) in [6.45, 7) is 4.10. The number of thiophene rings is 1. The Morgan fingerprint density at radius 3 is 2.93 bits per heavy atom. The maximum absolute atomic E-state index is 12.5. The Labute approximate surface area is 179 Å². The number of hydrogen-bond donors (Lipinski definition) is 1. The van der Waals surface area contributed by atoms with Gasteiger partial charge in [0, 0.05) is 18.0 Å². The molecule has 30 heavy (non-hydrogen) atoms. The van der Waals surface area contributed by atoms with Gasteiger partial charge in [0.25, 0.3) is 5.91 Å². The topological polar surface area (TPSA) is 84.7 Å². The van der Waals surface area contributed by atoms with Crippen LogP contribution in [0.3, 0.4) is 0 Å². The van der Waals surface area contributed by atoms with Crippen LogP contribution < -0.4 is 5.32 Å². The van der Waals surface area contributed by atoms with E-state index in [1.54, 1.807) is 12.1 Å². The third kappa shape index (κ3) is 4.11. The van der Waals surface area contributed by atoms with Crippen molar-refractivity contribution in [3.05, 3.63) is 46.9 Å². The van der Waals surface area contributed by atoms with Crippen LogP contribution in [-0.4, -0.2) is 41.5 Å². The van der Waals surface area contributed by atoms with Gasteiger partial charge in [-0.25, -0.2) is 9.78 Å². The molecular formula is C22H25N3O4S. The monoisotopic (exact) mass is 427 g/mol. The minimum absolute atomic E-state index is 0.172. The van der Waals surface area contributed by atoms with Crippen molar-refractivity contribution in [1.82, 2.24) is 9.88 Å². The van der Waals surface area contributed by atoms with Crippen LogP contribution in [-0.2, 0) is 11.3 Å². The molecule has 1 aliphatic heterocycles. The Balaban J connectivity index is 1.65. The number of piperidine rings is 1. The Morgan fingerprint density at radius 1 is 1.33 bits per heavy atom. The number of likely N-dealkylation sites (tertiary alicyclic amines) is 1. The van der Waals surface area contributed by atoms with Crippen LogP contribution in [0.25, 0.3) is 10.2 Å². The Bertz CT molecular complexity index is 1040. The van der Waals surface area contributed by atoms with Crippen LogP contribution in [0.1, 0.15) is 58.5 Å². The number of rotatable bonds is 6. The van der Waals surface area contributed by atoms with Gasteiger partial charge in [-0.05, 0) is 50.1 Å². The Hall–Kier alpha value is -2.71. The van der Waals surface area contributed by atoms with E-state index in [1.807, 2.05) is 12.1 Å². The fourth-order valence-electron chi connectivity index (χ4n) is 3.99. The molecule has 3 aromatic rings. The van der Waals surface area contributed by atoms with Crippen molar-refractivity contribution < 1.29 is 18.7 Å². The maximum Gasteiger partial charge on any atom is 0.350 e. The number of carbonyl (C=O) groups excluding carboxylic acids is 2. The smallest absolute Gasteiger partial charge is 0.350 e. The average Bonchev–Trinajstić information content (AvgIpc) is 3.42. The molecule has 3 aromatic heterocycles. The highest BCUT2D eigenvalue weighted by molar-refractivity contribution is 7.21. The number of ether oxygens (including phenoxy) is 1. The second kappa shape index (κ2) is 8.97. The number of carbonyl (C=O) groups is 2. The molecule has 1 N–H and O–H groups in total. The van der Waals surface area contributed by atoms with E-state index in [0.29, 0.717) is 21.4 Å². The lowest BCUT2D eigenvalue weighted by atomic mass is 10.00. The molecule has 0 saturated carbocycles. The Kier molecular flexibility index (Phi) is 6.15. The van der Waals surface area contributed by atoms with E-state index in [0.717, 1.165) is 30.6 Å². The molecule has 0 spiro atoms. The molecule has 1 amide bonds. The van der Waals surface area contributed by atoms with Crippen molar-refractivity contribution in [3.63, 3.8) is 0 Å². The molecular weight excluding hydrogens is 402 g/mol. The van der Waals surface area contributed by atoms with E-state index in [2.05, 4.69) is 17.1 Å². The first-order chi connectivity index (χ1) is 14.6. The number of hydrogen-bond acceptors (Lipinski definition) is 7. The van der Waals surface area contributed by atoms with E-state index in [1.165, 1.54) is 44.0 Å². The lowest BCUT2D eigenvalue weighted by molar-refractivity contribution is 0.0607. The predicted molar refractivity (Wildman–Crippen MR) is 116 cm³/mol. The first-order valence-corrected chi connectivity index (χ1v) is 11.0. The third-order valence-electron chi connectivity index (χ3n) is 5.55. The molecule has 4 heterocycles. The summed E-state index contributed by atoms with van der Waals surface area (Å²) in [7, 11) is 1.32. The number of methoxy groups -OCH3 is 1. The molecule has 1 atom stereocenters. The number of nitrogens with zero attached hydrogens (tertiary/aromatic N) is 2. The van der Waals surface area contributed by atoms with Crippen molar-refractivity contribution >= 4 is 39.1 Å². The van der Waals surface area contributed by atoms with Crippen molar-refractivity contribution in [2.75, 3.05) is 19.0 Å². The number of esters is 1. The van der Waals surface area contributed by atoms with Gasteiger partial charge in [0.05, 0.1) is 24.8 Å². The van der Waals surface area contributed by atoms with Gasteiger partial charge in [-0.2, -0.15) is 0 Å². The standard InChI is InChI=1S/C22H25N3O4S/c1-3-15-7-4-5-11-25(15)13-14-9-10-16-18(24-20(26)17-8-6-12-29-17)19(22(27)28-2)30-21(16)23-14/h6,8-10,12,15H,3-5,7,11,13H2,1-2H3,(H,24,26). The second-order valence-electron chi connectivity index (χ2n) is 7.41. The highest BCUT2D eigenvalue weighted by atomic mass is 32.1. The van der Waals surface area contributed by atoms with E-state index in [-0.39, 0.29) is 5.76 Å². The number of anilines is 1. The molecule has 0 radical (unpaired) electrons. The average molecular weight is 428 g/mol. The fraction of sp³-hybridized carbons (Fsp3) is 0.409. The summed E-state index contributed by atoms with van der Waals surface area (Å²) >= 11 is 1.23. The molecule has 1 saturated heterocycles. The lowest BCUT2D eigenvalue weighted by Gasteiger charge is -2.34. The van der Waals surface area contributed by atoms with E-state index in [4.69, 9.17) is 14.1 Å². The summed E-state index contributed by atoms with van der Waals surface area (Å²) in [5.41, 5.74) is 1.37. The molecule has 0 aliphatic carbocycles. The molecule has 1 aliphatic rings. The number of fused-ring (bicyclic) bond motifs is 1. The van der Waals surface area contributed by atoms with Gasteiger partial charge in [0.15, 0.2) is 5.76 Å². The summed E-state index contributed by atoms with van der Waals surface area (Å²) in [5.74, 6) is -0.755. The molecule has 8 heteroatoms. The van der Waals surface area contributed by atoms with Crippen molar-refractivity contribution in [1.29, 1.82) is 0 Å². The number of furan rings is 1. The molecule has 0 aromatic carbocycles. The minimum Gasteiger partial charge on any atom is -0.465 e. The molecule has 4 rings (SSSR count). The van der Waals surface area contributed by atoms with Crippen LogP contribution in [0.15, 0.2) is 34.9 Å². The summed E-state index contributed by atoms with van der Waals surface area (Å²) in [5, 5.41) is 3.51. The van der Waals surface area contributed by atoms with Gasteiger partial charge >= 0.3 is 5.97 Å². The zero-order valence-electron chi connectivity index (χ0n) is 17.1. The molecule has 7 nitrogen and oxygen atoms in total. The summed E-state index contributed by atoms with van der Waals surface area (Å²) < 4.78 is 10.1. The first kappa shape index (κ1) is 20.6. The number of amides is 1.